The predicted octanol–water partition coefficient (Wildman–Crippen LogP) is 4.37. The first-order chi connectivity index (χ1) is 13.5. The summed E-state index contributed by atoms with van der Waals surface area (Å²) in [6.45, 7) is 0. The van der Waals surface area contributed by atoms with Crippen LogP contribution in [-0.2, 0) is 0 Å². The van der Waals surface area contributed by atoms with Crippen LogP contribution < -0.4 is 20.1 Å². The zero-order chi connectivity index (χ0) is 20.1. The maximum Gasteiger partial charge on any atom is 0.274 e. The molecule has 0 bridgehead atoms. The Morgan fingerprint density at radius 3 is 2.36 bits per heavy atom. The number of halogens is 2. The first kappa shape index (κ1) is 19.1. The van der Waals surface area contributed by atoms with Gasteiger partial charge in [0.25, 0.3) is 5.91 Å². The van der Waals surface area contributed by atoms with Crippen molar-refractivity contribution in [1.29, 1.82) is 0 Å². The van der Waals surface area contributed by atoms with Crippen molar-refractivity contribution in [1.82, 2.24) is 4.98 Å². The van der Waals surface area contributed by atoms with Crippen LogP contribution in [0.25, 0.3) is 0 Å². The fourth-order valence-corrected chi connectivity index (χ4v) is 2.44. The van der Waals surface area contributed by atoms with Crippen LogP contribution in [0.3, 0.4) is 0 Å². The van der Waals surface area contributed by atoms with Gasteiger partial charge in [0.05, 0.1) is 31.8 Å². The normalized spacial score (nSPS) is 10.3. The van der Waals surface area contributed by atoms with Crippen LogP contribution in [0.4, 0.5) is 25.8 Å². The fraction of sp³-hybridized carbons (Fsp3) is 0.100. The number of methoxy groups -OCH3 is 2. The van der Waals surface area contributed by atoms with E-state index in [-0.39, 0.29) is 5.69 Å². The van der Waals surface area contributed by atoms with E-state index in [1.54, 1.807) is 24.3 Å². The molecule has 144 valence electrons. The van der Waals surface area contributed by atoms with Gasteiger partial charge in [0.15, 0.2) is 11.6 Å². The van der Waals surface area contributed by atoms with Crippen molar-refractivity contribution in [2.75, 3.05) is 24.9 Å². The standard InChI is InChI=1S/C20H17F2N3O3/c1-27-14-5-8-19(28-2)18(10-14)25-20(26)17-7-4-13(11-23-17)24-12-3-6-15(21)16(22)9-12/h3-11,24H,1-2H3,(H,25,26). The second-order valence-electron chi connectivity index (χ2n) is 5.71. The molecule has 28 heavy (non-hydrogen) atoms. The molecule has 0 saturated heterocycles. The van der Waals surface area contributed by atoms with Gasteiger partial charge in [-0.25, -0.2) is 13.8 Å². The summed E-state index contributed by atoms with van der Waals surface area (Å²) in [6, 6.07) is 11.6. The molecule has 2 N–H and O–H groups in total. The van der Waals surface area contributed by atoms with Gasteiger partial charge < -0.3 is 20.1 Å². The number of ether oxygens (including phenoxy) is 2. The molecule has 0 spiro atoms. The highest BCUT2D eigenvalue weighted by Crippen LogP contribution is 2.29. The van der Waals surface area contributed by atoms with Crippen LogP contribution in [0.5, 0.6) is 11.5 Å². The lowest BCUT2D eigenvalue weighted by Gasteiger charge is -2.12. The van der Waals surface area contributed by atoms with Crippen LogP contribution in [-0.4, -0.2) is 25.1 Å². The predicted molar refractivity (Wildman–Crippen MR) is 101 cm³/mol. The molecule has 0 saturated carbocycles. The number of pyridine rings is 1. The number of hydrogen-bond donors (Lipinski definition) is 2. The summed E-state index contributed by atoms with van der Waals surface area (Å²) in [5.74, 6) is -1.28. The number of anilines is 3. The maximum atomic E-state index is 13.3. The van der Waals surface area contributed by atoms with E-state index < -0.39 is 17.5 Å². The lowest BCUT2D eigenvalue weighted by molar-refractivity contribution is 0.102. The summed E-state index contributed by atoms with van der Waals surface area (Å²) < 4.78 is 36.6. The van der Waals surface area contributed by atoms with E-state index in [0.717, 1.165) is 12.1 Å². The van der Waals surface area contributed by atoms with Gasteiger partial charge >= 0.3 is 0 Å². The van der Waals surface area contributed by atoms with Crippen molar-refractivity contribution in [3.05, 3.63) is 72.1 Å². The Hall–Kier alpha value is -3.68. The first-order valence-electron chi connectivity index (χ1n) is 8.21. The molecule has 0 unspecified atom stereocenters. The number of rotatable bonds is 6. The topological polar surface area (TPSA) is 72.5 Å². The van der Waals surface area contributed by atoms with Crippen LogP contribution in [0.1, 0.15) is 10.5 Å². The average Bonchev–Trinajstić information content (AvgIpc) is 2.71. The van der Waals surface area contributed by atoms with Crippen LogP contribution in [0, 0.1) is 11.6 Å². The highest BCUT2D eigenvalue weighted by atomic mass is 19.2. The molecular formula is C20H17F2N3O3. The second kappa shape index (κ2) is 8.34. The molecule has 1 heterocycles. The Morgan fingerprint density at radius 1 is 0.929 bits per heavy atom. The van der Waals surface area contributed by atoms with E-state index in [1.165, 1.54) is 32.5 Å². The molecule has 3 aromatic rings. The van der Waals surface area contributed by atoms with Gasteiger partial charge in [0.1, 0.15) is 17.2 Å². The number of benzene rings is 2. The van der Waals surface area contributed by atoms with Crippen molar-refractivity contribution < 1.29 is 23.0 Å². The second-order valence-corrected chi connectivity index (χ2v) is 5.71. The summed E-state index contributed by atoms with van der Waals surface area (Å²) in [7, 11) is 3.02. The van der Waals surface area contributed by atoms with Gasteiger partial charge in [-0.15, -0.1) is 0 Å². The molecule has 8 heteroatoms. The first-order valence-corrected chi connectivity index (χ1v) is 8.21. The highest BCUT2D eigenvalue weighted by molar-refractivity contribution is 6.03. The lowest BCUT2D eigenvalue weighted by Crippen LogP contribution is -2.14. The Balaban J connectivity index is 1.72. The Morgan fingerprint density at radius 2 is 1.71 bits per heavy atom. The van der Waals surface area contributed by atoms with E-state index in [0.29, 0.717) is 28.6 Å². The van der Waals surface area contributed by atoms with Gasteiger partial charge in [0, 0.05) is 17.8 Å². The zero-order valence-corrected chi connectivity index (χ0v) is 15.1. The third-order valence-corrected chi connectivity index (χ3v) is 3.86. The minimum absolute atomic E-state index is 0.167. The van der Waals surface area contributed by atoms with Crippen molar-refractivity contribution >= 4 is 23.0 Å². The molecule has 0 aliphatic heterocycles. The molecule has 0 aliphatic rings. The number of aromatic nitrogens is 1. The summed E-state index contributed by atoms with van der Waals surface area (Å²) in [5, 5.41) is 5.60. The number of nitrogens with zero attached hydrogens (tertiary/aromatic N) is 1. The van der Waals surface area contributed by atoms with Crippen molar-refractivity contribution in [3.63, 3.8) is 0 Å². The number of amides is 1. The van der Waals surface area contributed by atoms with Crippen LogP contribution in [0.15, 0.2) is 54.7 Å². The largest absolute Gasteiger partial charge is 0.497 e. The number of carbonyl (C=O) groups excluding carboxylic acids is 1. The van der Waals surface area contributed by atoms with E-state index in [1.807, 2.05) is 0 Å². The fourth-order valence-electron chi connectivity index (χ4n) is 2.44. The molecule has 0 atom stereocenters. The smallest absolute Gasteiger partial charge is 0.274 e. The molecule has 1 aromatic heterocycles. The van der Waals surface area contributed by atoms with Gasteiger partial charge in [-0.1, -0.05) is 0 Å². The van der Waals surface area contributed by atoms with E-state index in [2.05, 4.69) is 15.6 Å². The van der Waals surface area contributed by atoms with Gasteiger partial charge in [0.2, 0.25) is 0 Å². The maximum absolute atomic E-state index is 13.3. The van der Waals surface area contributed by atoms with Gasteiger partial charge in [-0.3, -0.25) is 4.79 Å². The SMILES string of the molecule is COc1ccc(OC)c(NC(=O)c2ccc(Nc3ccc(F)c(F)c3)cn2)c1. The summed E-state index contributed by atoms with van der Waals surface area (Å²) in [6.07, 6.45) is 1.42. The highest BCUT2D eigenvalue weighted by Gasteiger charge is 2.12. The van der Waals surface area contributed by atoms with Crippen LogP contribution in [0.2, 0.25) is 0 Å². The molecule has 1 amide bonds. The molecule has 0 fully saturated rings. The molecular weight excluding hydrogens is 368 g/mol. The molecule has 2 aromatic carbocycles. The summed E-state index contributed by atoms with van der Waals surface area (Å²) in [5.41, 5.74) is 1.49. The van der Waals surface area contributed by atoms with Crippen molar-refractivity contribution in [2.45, 2.75) is 0 Å². The average molecular weight is 385 g/mol. The number of carbonyl (C=O) groups is 1. The lowest BCUT2D eigenvalue weighted by atomic mass is 10.2. The minimum Gasteiger partial charge on any atom is -0.497 e. The minimum atomic E-state index is -0.957. The Kier molecular flexibility index (Phi) is 5.69. The number of nitrogens with one attached hydrogen (secondary N) is 2. The van der Waals surface area contributed by atoms with E-state index >= 15 is 0 Å². The third-order valence-electron chi connectivity index (χ3n) is 3.86. The van der Waals surface area contributed by atoms with Gasteiger partial charge in [-0.05, 0) is 36.4 Å². The molecule has 0 aliphatic carbocycles. The Labute approximate surface area is 160 Å². The van der Waals surface area contributed by atoms with Crippen LogP contribution >= 0.6 is 0 Å². The summed E-state index contributed by atoms with van der Waals surface area (Å²) >= 11 is 0. The van der Waals surface area contributed by atoms with E-state index in [9.17, 15) is 13.6 Å². The molecule has 3 rings (SSSR count). The van der Waals surface area contributed by atoms with Crippen molar-refractivity contribution in [2.24, 2.45) is 0 Å². The number of hydrogen-bond acceptors (Lipinski definition) is 5. The zero-order valence-electron chi connectivity index (χ0n) is 15.1. The quantitative estimate of drug-likeness (QED) is 0.659. The molecule has 0 radical (unpaired) electrons. The monoisotopic (exact) mass is 385 g/mol. The van der Waals surface area contributed by atoms with E-state index in [4.69, 9.17) is 9.47 Å². The summed E-state index contributed by atoms with van der Waals surface area (Å²) in [4.78, 5) is 16.5. The van der Waals surface area contributed by atoms with Crippen molar-refractivity contribution in [3.8, 4) is 11.5 Å². The molecule has 6 nitrogen and oxygen atoms in total. The third kappa shape index (κ3) is 4.35. The van der Waals surface area contributed by atoms with Gasteiger partial charge in [-0.2, -0.15) is 0 Å². The Bertz CT molecular complexity index is 994.